The Bertz CT molecular complexity index is 1400. The van der Waals surface area contributed by atoms with E-state index in [1.54, 1.807) is 0 Å². The van der Waals surface area contributed by atoms with Gasteiger partial charge in [0.25, 0.3) is 0 Å². The van der Waals surface area contributed by atoms with Gasteiger partial charge < -0.3 is 14.2 Å². The summed E-state index contributed by atoms with van der Waals surface area (Å²) in [5.74, 6) is -0.909. The maximum Gasteiger partial charge on any atom is 0.306 e. The van der Waals surface area contributed by atoms with Gasteiger partial charge in [0, 0.05) is 19.3 Å². The molecule has 0 N–H and O–H groups in total. The predicted octanol–water partition coefficient (Wildman–Crippen LogP) is 21.1. The molecule has 0 fully saturated rings. The summed E-state index contributed by atoms with van der Waals surface area (Å²) in [5.41, 5.74) is 0. The third-order valence-corrected chi connectivity index (χ3v) is 13.4. The quantitative estimate of drug-likeness (QED) is 0.0199. The van der Waals surface area contributed by atoms with Crippen molar-refractivity contribution in [3.05, 3.63) is 85.1 Å². The fraction of sp³-hybridized carbons (Fsp3) is 0.746. The number of ether oxygens (including phenoxy) is 3. The Morgan fingerprint density at radius 2 is 0.589 bits per heavy atom. The van der Waals surface area contributed by atoms with Gasteiger partial charge >= 0.3 is 17.9 Å². The number of carbonyl (C=O) groups excluding carboxylic acids is 3. The molecule has 0 bridgehead atoms. The summed E-state index contributed by atoms with van der Waals surface area (Å²) in [4.78, 5) is 38.3. The second-order valence-electron chi connectivity index (χ2n) is 20.6. The summed E-state index contributed by atoms with van der Waals surface area (Å²) in [7, 11) is 0. The van der Waals surface area contributed by atoms with Gasteiger partial charge in [-0.05, 0) is 83.5 Å². The SMILES string of the molecule is CC/C=C\C/C=C\C/C=C\C/C=C\CCCCCCCCC(=O)OCC(COC(=O)CCCCCCCCCCCCCCCCCCCC)OC(=O)CCCCCCC\C=C/C=C\C=C/CCCCCCC. The van der Waals surface area contributed by atoms with Gasteiger partial charge in [-0.15, -0.1) is 0 Å². The lowest BCUT2D eigenvalue weighted by Crippen LogP contribution is -2.30. The second kappa shape index (κ2) is 61.1. The average molecular weight is 1020 g/mol. The maximum absolute atomic E-state index is 12.9. The second-order valence-corrected chi connectivity index (χ2v) is 20.6. The van der Waals surface area contributed by atoms with Crippen LogP contribution in [-0.2, 0) is 28.6 Å². The fourth-order valence-corrected chi connectivity index (χ4v) is 8.79. The molecule has 0 aliphatic heterocycles. The summed E-state index contributed by atoms with van der Waals surface area (Å²) in [6.07, 6.45) is 80.0. The zero-order chi connectivity index (χ0) is 52.9. The van der Waals surface area contributed by atoms with Gasteiger partial charge in [-0.2, -0.15) is 0 Å². The van der Waals surface area contributed by atoms with Crippen LogP contribution in [0.15, 0.2) is 85.1 Å². The molecule has 73 heavy (non-hydrogen) atoms. The van der Waals surface area contributed by atoms with E-state index in [0.717, 1.165) is 122 Å². The molecule has 0 aromatic rings. The van der Waals surface area contributed by atoms with Crippen LogP contribution in [0.4, 0.5) is 0 Å². The Morgan fingerprint density at radius 1 is 0.301 bits per heavy atom. The Kier molecular flexibility index (Phi) is 58.3. The van der Waals surface area contributed by atoms with Crippen LogP contribution >= 0.6 is 0 Å². The van der Waals surface area contributed by atoms with E-state index in [2.05, 4.69) is 106 Å². The number of hydrogen-bond donors (Lipinski definition) is 0. The first-order valence-electron chi connectivity index (χ1n) is 31.1. The summed E-state index contributed by atoms with van der Waals surface area (Å²) in [6.45, 7) is 6.52. The smallest absolute Gasteiger partial charge is 0.306 e. The summed E-state index contributed by atoms with van der Waals surface area (Å²) in [5, 5.41) is 0. The molecule has 6 heteroatoms. The van der Waals surface area contributed by atoms with Gasteiger partial charge in [-0.1, -0.05) is 286 Å². The number of rotatable bonds is 56. The topological polar surface area (TPSA) is 78.9 Å². The highest BCUT2D eigenvalue weighted by Crippen LogP contribution is 2.16. The van der Waals surface area contributed by atoms with E-state index < -0.39 is 6.10 Å². The van der Waals surface area contributed by atoms with E-state index >= 15 is 0 Å². The number of esters is 3. The van der Waals surface area contributed by atoms with Crippen molar-refractivity contribution in [2.75, 3.05) is 13.2 Å². The van der Waals surface area contributed by atoms with E-state index in [1.807, 2.05) is 0 Å². The standard InChI is InChI=1S/C67H116O6/c1-4-7-10-13-16-19-22-25-28-31-34-37-39-42-45-48-51-54-57-60-66(69)72-63-64(73-67(70)61-58-55-52-49-46-43-40-36-33-30-27-24-21-18-15-12-9-6-3)62-71-65(68)59-56-53-50-47-44-41-38-35-32-29-26-23-20-17-14-11-8-5-2/h7,10,16,19,24-25,27-28,30,33-34,36-37,40,64H,4-6,8-9,11-15,17-18,20-23,26,29,31-32,35,38-39,41-63H2,1-3H3/b10-7-,19-16-,27-24-,28-25-,33-30-,37-34-,40-36-. The van der Waals surface area contributed by atoms with Gasteiger partial charge in [0.15, 0.2) is 6.10 Å². The van der Waals surface area contributed by atoms with Crippen LogP contribution in [0.3, 0.4) is 0 Å². The highest BCUT2D eigenvalue weighted by molar-refractivity contribution is 5.71. The highest BCUT2D eigenvalue weighted by atomic mass is 16.6. The molecule has 0 saturated carbocycles. The third kappa shape index (κ3) is 59.3. The number of carbonyl (C=O) groups is 3. The van der Waals surface area contributed by atoms with E-state index in [0.29, 0.717) is 19.3 Å². The zero-order valence-corrected chi connectivity index (χ0v) is 48.1. The first-order valence-corrected chi connectivity index (χ1v) is 31.1. The molecule has 0 aliphatic carbocycles. The van der Waals surface area contributed by atoms with Crippen molar-refractivity contribution in [1.29, 1.82) is 0 Å². The van der Waals surface area contributed by atoms with Crippen molar-refractivity contribution in [1.82, 2.24) is 0 Å². The molecule has 0 saturated heterocycles. The fourth-order valence-electron chi connectivity index (χ4n) is 8.79. The molecule has 420 valence electrons. The molecule has 0 heterocycles. The molecule has 0 amide bonds. The Balaban J connectivity index is 4.43. The van der Waals surface area contributed by atoms with Crippen molar-refractivity contribution in [2.45, 2.75) is 309 Å². The van der Waals surface area contributed by atoms with Gasteiger partial charge in [-0.25, -0.2) is 0 Å². The molecule has 0 radical (unpaired) electrons. The van der Waals surface area contributed by atoms with Crippen LogP contribution in [0.5, 0.6) is 0 Å². The van der Waals surface area contributed by atoms with E-state index in [9.17, 15) is 14.4 Å². The van der Waals surface area contributed by atoms with Gasteiger partial charge in [0.2, 0.25) is 0 Å². The molecular weight excluding hydrogens is 901 g/mol. The zero-order valence-electron chi connectivity index (χ0n) is 48.1. The van der Waals surface area contributed by atoms with Crippen molar-refractivity contribution in [2.24, 2.45) is 0 Å². The normalized spacial score (nSPS) is 12.6. The summed E-state index contributed by atoms with van der Waals surface area (Å²) in [6, 6.07) is 0. The lowest BCUT2D eigenvalue weighted by Gasteiger charge is -2.18. The largest absolute Gasteiger partial charge is 0.462 e. The molecule has 0 aliphatic rings. The molecule has 0 aromatic heterocycles. The van der Waals surface area contributed by atoms with Crippen molar-refractivity contribution >= 4 is 17.9 Å². The highest BCUT2D eigenvalue weighted by Gasteiger charge is 2.19. The Labute approximate surface area is 452 Å². The monoisotopic (exact) mass is 1020 g/mol. The van der Waals surface area contributed by atoms with Crippen LogP contribution in [0.25, 0.3) is 0 Å². The predicted molar refractivity (Wildman–Crippen MR) is 316 cm³/mol. The molecular formula is C67H116O6. The minimum Gasteiger partial charge on any atom is -0.462 e. The first-order chi connectivity index (χ1) is 36.0. The molecule has 0 rings (SSSR count). The lowest BCUT2D eigenvalue weighted by molar-refractivity contribution is -0.167. The number of unbranched alkanes of at least 4 members (excludes halogenated alkanes) is 33. The summed E-state index contributed by atoms with van der Waals surface area (Å²) >= 11 is 0. The lowest BCUT2D eigenvalue weighted by atomic mass is 10.0. The Hall–Kier alpha value is -3.41. The van der Waals surface area contributed by atoms with Crippen LogP contribution < -0.4 is 0 Å². The van der Waals surface area contributed by atoms with Crippen LogP contribution in [0.1, 0.15) is 303 Å². The van der Waals surface area contributed by atoms with Gasteiger partial charge in [0.1, 0.15) is 13.2 Å². The van der Waals surface area contributed by atoms with Crippen LogP contribution in [-0.4, -0.2) is 37.2 Å². The van der Waals surface area contributed by atoms with Gasteiger partial charge in [0.05, 0.1) is 0 Å². The van der Waals surface area contributed by atoms with Crippen molar-refractivity contribution in [3.63, 3.8) is 0 Å². The molecule has 1 unspecified atom stereocenters. The number of hydrogen-bond acceptors (Lipinski definition) is 6. The minimum absolute atomic E-state index is 0.0874. The molecule has 1 atom stereocenters. The van der Waals surface area contributed by atoms with E-state index in [1.165, 1.54) is 141 Å². The summed E-state index contributed by atoms with van der Waals surface area (Å²) < 4.78 is 16.9. The van der Waals surface area contributed by atoms with Gasteiger partial charge in [-0.3, -0.25) is 14.4 Å². The van der Waals surface area contributed by atoms with E-state index in [-0.39, 0.29) is 31.1 Å². The minimum atomic E-state index is -0.794. The van der Waals surface area contributed by atoms with Crippen molar-refractivity contribution in [3.8, 4) is 0 Å². The van der Waals surface area contributed by atoms with Crippen LogP contribution in [0.2, 0.25) is 0 Å². The number of allylic oxidation sites excluding steroid dienone is 14. The van der Waals surface area contributed by atoms with Crippen molar-refractivity contribution < 1.29 is 28.6 Å². The molecule has 0 spiro atoms. The molecule has 6 nitrogen and oxygen atoms in total. The average Bonchev–Trinajstić information content (AvgIpc) is 3.39. The van der Waals surface area contributed by atoms with Crippen LogP contribution in [0, 0.1) is 0 Å². The Morgan fingerprint density at radius 3 is 0.945 bits per heavy atom. The molecule has 0 aromatic carbocycles. The first kappa shape index (κ1) is 69.6. The van der Waals surface area contributed by atoms with E-state index in [4.69, 9.17) is 14.2 Å². The third-order valence-electron chi connectivity index (χ3n) is 13.4. The maximum atomic E-state index is 12.9.